The molecule has 0 saturated carbocycles. The highest BCUT2D eigenvalue weighted by Gasteiger charge is 2.29. The van der Waals surface area contributed by atoms with Crippen LogP contribution in [-0.4, -0.2) is 46.9 Å². The highest BCUT2D eigenvalue weighted by molar-refractivity contribution is 8.14. The minimum atomic E-state index is -0.281. The first-order valence-electron chi connectivity index (χ1n) is 7.65. The second-order valence-electron chi connectivity index (χ2n) is 5.46. The molecule has 1 aliphatic rings. The topological polar surface area (TPSA) is 75.7 Å². The first-order chi connectivity index (χ1) is 11.5. The molecule has 0 bridgehead atoms. The Morgan fingerprint density at radius 1 is 1.42 bits per heavy atom. The van der Waals surface area contributed by atoms with Crippen LogP contribution in [0, 0.1) is 0 Å². The fourth-order valence-electron chi connectivity index (χ4n) is 2.08. The number of imide groups is 1. The fourth-order valence-corrected chi connectivity index (χ4v) is 2.83. The maximum absolute atomic E-state index is 11.8. The van der Waals surface area contributed by atoms with Crippen molar-refractivity contribution in [3.05, 3.63) is 35.9 Å². The van der Waals surface area contributed by atoms with Crippen LogP contribution >= 0.6 is 11.8 Å². The van der Waals surface area contributed by atoms with E-state index in [-0.39, 0.29) is 42.0 Å². The van der Waals surface area contributed by atoms with Gasteiger partial charge in [-0.05, 0) is 37.6 Å². The molecule has 1 aromatic rings. The monoisotopic (exact) mass is 348 g/mol. The summed E-state index contributed by atoms with van der Waals surface area (Å²) >= 11 is 0.984. The predicted octanol–water partition coefficient (Wildman–Crippen LogP) is 2.30. The van der Waals surface area contributed by atoms with E-state index in [0.29, 0.717) is 0 Å². The van der Waals surface area contributed by atoms with E-state index < -0.39 is 0 Å². The molecule has 2 rings (SSSR count). The van der Waals surface area contributed by atoms with Crippen molar-refractivity contribution in [3.8, 4) is 5.75 Å². The number of carbonyl (C=O) groups is 3. The fraction of sp³-hybridized carbons (Fsp3) is 0.353. The van der Waals surface area contributed by atoms with Crippen LogP contribution in [-0.2, 0) is 9.59 Å². The number of carbonyl (C=O) groups excluding carboxylic acids is 3. The van der Waals surface area contributed by atoms with Crippen LogP contribution in [0.5, 0.6) is 5.75 Å². The molecular formula is C17H20N2O4S. The number of ether oxygens (including phenoxy) is 1. The van der Waals surface area contributed by atoms with Gasteiger partial charge in [-0.3, -0.25) is 19.3 Å². The molecule has 1 fully saturated rings. The number of amides is 3. The summed E-state index contributed by atoms with van der Waals surface area (Å²) in [6, 6.07) is 7.44. The SMILES string of the molecule is CC(C)Oc1cccc(/C=C/C(=O)NCCN2C(=O)CSC2=O)c1. The summed E-state index contributed by atoms with van der Waals surface area (Å²) in [6.45, 7) is 4.33. The van der Waals surface area contributed by atoms with Gasteiger partial charge < -0.3 is 10.1 Å². The van der Waals surface area contributed by atoms with Crippen LogP contribution in [0.2, 0.25) is 0 Å². The van der Waals surface area contributed by atoms with Gasteiger partial charge in [0.15, 0.2) is 0 Å². The standard InChI is InChI=1S/C17H20N2O4S/c1-12(2)23-14-5-3-4-13(10-14)6-7-15(20)18-8-9-19-16(21)11-24-17(19)22/h3-7,10,12H,8-9,11H2,1-2H3,(H,18,20)/b7-6+. The first-order valence-corrected chi connectivity index (χ1v) is 8.64. The summed E-state index contributed by atoms with van der Waals surface area (Å²) in [7, 11) is 0. The molecular weight excluding hydrogens is 328 g/mol. The van der Waals surface area contributed by atoms with Crippen LogP contribution in [0.25, 0.3) is 6.08 Å². The molecule has 0 aromatic heterocycles. The van der Waals surface area contributed by atoms with Gasteiger partial charge in [0, 0.05) is 19.2 Å². The van der Waals surface area contributed by atoms with Crippen molar-refractivity contribution in [3.63, 3.8) is 0 Å². The summed E-state index contributed by atoms with van der Waals surface area (Å²) in [5, 5.41) is 2.40. The number of benzene rings is 1. The number of rotatable bonds is 7. The Bertz CT molecular complexity index is 642. The average molecular weight is 348 g/mol. The third-order valence-electron chi connectivity index (χ3n) is 3.13. The van der Waals surface area contributed by atoms with Gasteiger partial charge in [0.25, 0.3) is 5.24 Å². The summed E-state index contributed by atoms with van der Waals surface area (Å²) in [5.74, 6) is 0.436. The molecule has 24 heavy (non-hydrogen) atoms. The van der Waals surface area contributed by atoms with Crippen molar-refractivity contribution >= 4 is 34.9 Å². The Hall–Kier alpha value is -2.28. The number of thioether (sulfide) groups is 1. The van der Waals surface area contributed by atoms with Crippen LogP contribution in [0.15, 0.2) is 30.3 Å². The van der Waals surface area contributed by atoms with Gasteiger partial charge in [-0.25, -0.2) is 0 Å². The lowest BCUT2D eigenvalue weighted by Crippen LogP contribution is -2.37. The third-order valence-corrected chi connectivity index (χ3v) is 3.99. The molecule has 0 unspecified atom stereocenters. The molecule has 1 saturated heterocycles. The molecule has 3 amide bonds. The summed E-state index contributed by atoms with van der Waals surface area (Å²) in [6.07, 6.45) is 3.18. The van der Waals surface area contributed by atoms with Gasteiger partial charge in [0.05, 0.1) is 11.9 Å². The third kappa shape index (κ3) is 5.42. The second-order valence-corrected chi connectivity index (χ2v) is 6.39. The number of nitrogens with zero attached hydrogens (tertiary/aromatic N) is 1. The van der Waals surface area contributed by atoms with E-state index >= 15 is 0 Å². The van der Waals surface area contributed by atoms with Crippen molar-refractivity contribution in [2.24, 2.45) is 0 Å². The molecule has 0 aliphatic carbocycles. The normalized spacial score (nSPS) is 14.7. The van der Waals surface area contributed by atoms with Crippen molar-refractivity contribution in [1.29, 1.82) is 0 Å². The molecule has 1 N–H and O–H groups in total. The van der Waals surface area contributed by atoms with E-state index in [9.17, 15) is 14.4 Å². The highest BCUT2D eigenvalue weighted by atomic mass is 32.2. The maximum Gasteiger partial charge on any atom is 0.288 e. The van der Waals surface area contributed by atoms with E-state index in [1.807, 2.05) is 38.1 Å². The maximum atomic E-state index is 11.8. The van der Waals surface area contributed by atoms with Crippen LogP contribution in [0.4, 0.5) is 4.79 Å². The van der Waals surface area contributed by atoms with Gasteiger partial charge in [-0.15, -0.1) is 0 Å². The molecule has 1 heterocycles. The van der Waals surface area contributed by atoms with Crippen LogP contribution in [0.1, 0.15) is 19.4 Å². The van der Waals surface area contributed by atoms with Crippen molar-refractivity contribution in [2.45, 2.75) is 20.0 Å². The first kappa shape index (κ1) is 18.1. The Morgan fingerprint density at radius 3 is 2.88 bits per heavy atom. The molecule has 1 aromatic carbocycles. The van der Waals surface area contributed by atoms with Crippen molar-refractivity contribution < 1.29 is 19.1 Å². The molecule has 7 heteroatoms. The van der Waals surface area contributed by atoms with Gasteiger partial charge in [-0.1, -0.05) is 23.9 Å². The molecule has 1 aliphatic heterocycles. The van der Waals surface area contributed by atoms with Gasteiger partial charge in [-0.2, -0.15) is 0 Å². The predicted molar refractivity (Wildman–Crippen MR) is 93.8 cm³/mol. The number of hydrogen-bond acceptors (Lipinski definition) is 5. The molecule has 128 valence electrons. The second kappa shape index (κ2) is 8.54. The highest BCUT2D eigenvalue weighted by Crippen LogP contribution is 2.18. The van der Waals surface area contributed by atoms with E-state index in [1.165, 1.54) is 6.08 Å². The zero-order valence-corrected chi connectivity index (χ0v) is 14.5. The number of nitrogens with one attached hydrogen (secondary N) is 1. The Labute approximate surface area is 145 Å². The minimum absolute atomic E-state index is 0.0849. The Morgan fingerprint density at radius 2 is 2.21 bits per heavy atom. The Balaban J connectivity index is 1.80. The summed E-state index contributed by atoms with van der Waals surface area (Å²) in [4.78, 5) is 35.8. The Kier molecular flexibility index (Phi) is 6.43. The largest absolute Gasteiger partial charge is 0.491 e. The summed E-state index contributed by atoms with van der Waals surface area (Å²) < 4.78 is 5.60. The van der Waals surface area contributed by atoms with Gasteiger partial charge in [0.1, 0.15) is 5.75 Å². The molecule has 6 nitrogen and oxygen atoms in total. The van der Waals surface area contributed by atoms with Crippen LogP contribution in [0.3, 0.4) is 0 Å². The smallest absolute Gasteiger partial charge is 0.288 e. The zero-order chi connectivity index (χ0) is 17.5. The lowest BCUT2D eigenvalue weighted by Gasteiger charge is -2.12. The van der Waals surface area contributed by atoms with E-state index in [4.69, 9.17) is 4.74 Å². The lowest BCUT2D eigenvalue weighted by molar-refractivity contribution is -0.125. The van der Waals surface area contributed by atoms with E-state index in [0.717, 1.165) is 28.0 Å². The van der Waals surface area contributed by atoms with E-state index in [1.54, 1.807) is 6.08 Å². The molecule has 0 atom stereocenters. The quantitative estimate of drug-likeness (QED) is 0.765. The lowest BCUT2D eigenvalue weighted by atomic mass is 10.2. The van der Waals surface area contributed by atoms with E-state index in [2.05, 4.69) is 5.32 Å². The zero-order valence-electron chi connectivity index (χ0n) is 13.7. The van der Waals surface area contributed by atoms with Crippen molar-refractivity contribution in [2.75, 3.05) is 18.8 Å². The summed E-state index contributed by atoms with van der Waals surface area (Å²) in [5.41, 5.74) is 0.851. The van der Waals surface area contributed by atoms with Crippen molar-refractivity contribution in [1.82, 2.24) is 10.2 Å². The molecule has 0 spiro atoms. The minimum Gasteiger partial charge on any atom is -0.491 e. The molecule has 0 radical (unpaired) electrons. The van der Waals surface area contributed by atoms with Crippen LogP contribution < -0.4 is 10.1 Å². The van der Waals surface area contributed by atoms with Gasteiger partial charge in [0.2, 0.25) is 11.8 Å². The average Bonchev–Trinajstić information content (AvgIpc) is 2.84. The van der Waals surface area contributed by atoms with Gasteiger partial charge >= 0.3 is 0 Å². The number of hydrogen-bond donors (Lipinski definition) is 1.